The zero-order valence-corrected chi connectivity index (χ0v) is 18.0. The van der Waals surface area contributed by atoms with E-state index < -0.39 is 36.2 Å². The van der Waals surface area contributed by atoms with E-state index in [4.69, 9.17) is 9.47 Å². The van der Waals surface area contributed by atoms with Crippen LogP contribution in [0.2, 0.25) is 0 Å². The van der Waals surface area contributed by atoms with Crippen molar-refractivity contribution in [2.45, 2.75) is 33.2 Å². The van der Waals surface area contributed by atoms with Crippen molar-refractivity contribution in [1.82, 2.24) is 4.90 Å². The normalized spacial score (nSPS) is 13.5. The number of anilines is 1. The van der Waals surface area contributed by atoms with E-state index in [-0.39, 0.29) is 16.8 Å². The van der Waals surface area contributed by atoms with Crippen molar-refractivity contribution < 1.29 is 33.8 Å². The molecule has 2 N–H and O–H groups in total. The second-order valence-electron chi connectivity index (χ2n) is 7.08. The number of amides is 3. The van der Waals surface area contributed by atoms with Crippen LogP contribution in [0.15, 0.2) is 36.4 Å². The quantitative estimate of drug-likeness (QED) is 0.574. The van der Waals surface area contributed by atoms with Crippen LogP contribution in [-0.2, 0) is 9.59 Å². The number of hydrogen-bond donors (Lipinski definition) is 2. The maximum Gasteiger partial charge on any atom is 0.305 e. The van der Waals surface area contributed by atoms with Gasteiger partial charge in [0.2, 0.25) is 5.91 Å². The first-order valence-corrected chi connectivity index (χ1v) is 10.2. The Bertz CT molecular complexity index is 1080. The molecule has 1 aliphatic heterocycles. The van der Waals surface area contributed by atoms with E-state index in [9.17, 15) is 24.3 Å². The van der Waals surface area contributed by atoms with Gasteiger partial charge in [-0.05, 0) is 43.7 Å². The number of hydrogen-bond acceptors (Lipinski definition) is 6. The number of rotatable bonds is 9. The lowest BCUT2D eigenvalue weighted by atomic mass is 10.0. The van der Waals surface area contributed by atoms with Crippen molar-refractivity contribution in [3.63, 3.8) is 0 Å². The molecule has 2 aromatic rings. The largest absolute Gasteiger partial charge is 0.490 e. The number of ether oxygens (including phenoxy) is 2. The van der Waals surface area contributed by atoms with Gasteiger partial charge in [-0.3, -0.25) is 24.1 Å². The zero-order valence-electron chi connectivity index (χ0n) is 18.0. The number of carbonyl (C=O) groups is 4. The number of carboxylic acids is 1. The molecule has 0 aromatic heterocycles. The average Bonchev–Trinajstić information content (AvgIpc) is 2.98. The molecule has 1 unspecified atom stereocenters. The minimum Gasteiger partial charge on any atom is -0.490 e. The van der Waals surface area contributed by atoms with Crippen molar-refractivity contribution in [2.24, 2.45) is 0 Å². The topological polar surface area (TPSA) is 122 Å². The van der Waals surface area contributed by atoms with Crippen LogP contribution in [0.4, 0.5) is 5.69 Å². The highest BCUT2D eigenvalue weighted by Gasteiger charge is 2.43. The molecule has 168 valence electrons. The van der Waals surface area contributed by atoms with Gasteiger partial charge < -0.3 is 19.9 Å². The number of carboxylic acid groups (broad SMARTS) is 1. The number of benzene rings is 2. The SMILES string of the molecule is CCOc1ccc(C(CC(=O)O)N2C(=O)c3cccc(NC(C)=O)c3C2=O)cc1OCC. The maximum atomic E-state index is 13.3. The van der Waals surface area contributed by atoms with E-state index >= 15 is 0 Å². The van der Waals surface area contributed by atoms with Crippen LogP contribution < -0.4 is 14.8 Å². The van der Waals surface area contributed by atoms with Crippen molar-refractivity contribution in [1.29, 1.82) is 0 Å². The molecule has 1 aliphatic rings. The molecule has 32 heavy (non-hydrogen) atoms. The highest BCUT2D eigenvalue weighted by Crippen LogP contribution is 2.39. The highest BCUT2D eigenvalue weighted by atomic mass is 16.5. The van der Waals surface area contributed by atoms with Crippen LogP contribution in [0.3, 0.4) is 0 Å². The van der Waals surface area contributed by atoms with Gasteiger partial charge in [0, 0.05) is 6.92 Å². The molecule has 0 spiro atoms. The van der Waals surface area contributed by atoms with Gasteiger partial charge in [0.05, 0.1) is 42.5 Å². The highest BCUT2D eigenvalue weighted by molar-refractivity contribution is 6.24. The summed E-state index contributed by atoms with van der Waals surface area (Å²) >= 11 is 0. The van der Waals surface area contributed by atoms with Crippen molar-refractivity contribution in [2.75, 3.05) is 18.5 Å². The Labute approximate surface area is 184 Å². The molecule has 2 aromatic carbocycles. The standard InChI is InChI=1S/C23H24N2O7/c1-4-31-18-10-9-14(11-19(18)32-5-2)17(12-20(27)28)25-22(29)15-7-6-8-16(24-13(3)26)21(15)23(25)30/h6-11,17H,4-5,12H2,1-3H3,(H,24,26)(H,27,28). The van der Waals surface area contributed by atoms with Gasteiger partial charge in [-0.2, -0.15) is 0 Å². The fourth-order valence-corrected chi connectivity index (χ4v) is 3.68. The third kappa shape index (κ3) is 4.41. The summed E-state index contributed by atoms with van der Waals surface area (Å²) in [5, 5.41) is 12.1. The third-order valence-electron chi connectivity index (χ3n) is 4.89. The third-order valence-corrected chi connectivity index (χ3v) is 4.89. The number of nitrogens with zero attached hydrogens (tertiary/aromatic N) is 1. The zero-order chi connectivity index (χ0) is 23.4. The monoisotopic (exact) mass is 440 g/mol. The first-order valence-electron chi connectivity index (χ1n) is 10.2. The number of nitrogens with one attached hydrogen (secondary N) is 1. The lowest BCUT2D eigenvalue weighted by Gasteiger charge is -2.26. The van der Waals surface area contributed by atoms with E-state index in [0.717, 1.165) is 4.90 Å². The summed E-state index contributed by atoms with van der Waals surface area (Å²) in [4.78, 5) is 50.6. The molecule has 1 heterocycles. The summed E-state index contributed by atoms with van der Waals surface area (Å²) in [6.07, 6.45) is -0.500. The Kier molecular flexibility index (Phi) is 6.77. The van der Waals surface area contributed by atoms with Gasteiger partial charge in [-0.1, -0.05) is 12.1 Å². The molecular weight excluding hydrogens is 416 g/mol. The molecule has 1 atom stereocenters. The summed E-state index contributed by atoms with van der Waals surface area (Å²) in [6.45, 7) is 5.66. The summed E-state index contributed by atoms with van der Waals surface area (Å²) in [5.74, 6) is -2.02. The Hall–Kier alpha value is -3.88. The van der Waals surface area contributed by atoms with E-state index in [0.29, 0.717) is 30.3 Å². The summed E-state index contributed by atoms with van der Waals surface area (Å²) in [7, 11) is 0. The molecule has 9 nitrogen and oxygen atoms in total. The predicted molar refractivity (Wildman–Crippen MR) is 115 cm³/mol. The molecular formula is C23H24N2O7. The summed E-state index contributed by atoms with van der Waals surface area (Å²) in [5.41, 5.74) is 0.758. The number of aliphatic carboxylic acids is 1. The van der Waals surface area contributed by atoms with Crippen LogP contribution in [-0.4, -0.2) is 46.9 Å². The predicted octanol–water partition coefficient (Wildman–Crippen LogP) is 3.25. The van der Waals surface area contributed by atoms with Gasteiger partial charge in [0.15, 0.2) is 11.5 Å². The van der Waals surface area contributed by atoms with E-state index in [1.807, 2.05) is 6.92 Å². The Morgan fingerprint density at radius 1 is 1.03 bits per heavy atom. The molecule has 0 saturated heterocycles. The molecule has 0 saturated carbocycles. The molecule has 0 bridgehead atoms. The minimum atomic E-state index is -1.18. The average molecular weight is 440 g/mol. The lowest BCUT2D eigenvalue weighted by Crippen LogP contribution is -2.35. The van der Waals surface area contributed by atoms with Gasteiger partial charge in [0.25, 0.3) is 11.8 Å². The molecule has 3 rings (SSSR count). The van der Waals surface area contributed by atoms with Crippen LogP contribution >= 0.6 is 0 Å². The van der Waals surface area contributed by atoms with Gasteiger partial charge in [-0.25, -0.2) is 0 Å². The molecule has 9 heteroatoms. The van der Waals surface area contributed by atoms with Crippen molar-refractivity contribution in [3.05, 3.63) is 53.1 Å². The molecule has 3 amide bonds. The first-order chi connectivity index (χ1) is 15.3. The summed E-state index contributed by atoms with van der Waals surface area (Å²) in [6, 6.07) is 8.28. The smallest absolute Gasteiger partial charge is 0.305 e. The minimum absolute atomic E-state index is 0.0408. The second kappa shape index (κ2) is 9.51. The van der Waals surface area contributed by atoms with Crippen LogP contribution in [0.25, 0.3) is 0 Å². The van der Waals surface area contributed by atoms with Gasteiger partial charge in [-0.15, -0.1) is 0 Å². The number of fused-ring (bicyclic) bond motifs is 1. The molecule has 0 aliphatic carbocycles. The lowest BCUT2D eigenvalue weighted by molar-refractivity contribution is -0.138. The van der Waals surface area contributed by atoms with Crippen molar-refractivity contribution >= 4 is 29.4 Å². The van der Waals surface area contributed by atoms with E-state index in [1.54, 1.807) is 31.2 Å². The summed E-state index contributed by atoms with van der Waals surface area (Å²) < 4.78 is 11.2. The maximum absolute atomic E-state index is 13.3. The van der Waals surface area contributed by atoms with Crippen LogP contribution in [0.1, 0.15) is 59.5 Å². The Morgan fingerprint density at radius 2 is 1.72 bits per heavy atom. The van der Waals surface area contributed by atoms with E-state index in [2.05, 4.69) is 5.32 Å². The Balaban J connectivity index is 2.08. The fourth-order valence-electron chi connectivity index (χ4n) is 3.68. The van der Waals surface area contributed by atoms with Crippen LogP contribution in [0.5, 0.6) is 11.5 Å². The van der Waals surface area contributed by atoms with Crippen LogP contribution in [0, 0.1) is 0 Å². The van der Waals surface area contributed by atoms with E-state index in [1.165, 1.54) is 19.1 Å². The fraction of sp³-hybridized carbons (Fsp3) is 0.304. The van der Waals surface area contributed by atoms with Crippen molar-refractivity contribution in [3.8, 4) is 11.5 Å². The molecule has 0 radical (unpaired) electrons. The first kappa shape index (κ1) is 22.8. The number of carbonyl (C=O) groups excluding carboxylic acids is 3. The molecule has 0 fully saturated rings. The van der Waals surface area contributed by atoms with Gasteiger partial charge in [0.1, 0.15) is 0 Å². The second-order valence-corrected chi connectivity index (χ2v) is 7.08. The Morgan fingerprint density at radius 3 is 2.34 bits per heavy atom. The van der Waals surface area contributed by atoms with Gasteiger partial charge >= 0.3 is 5.97 Å². The number of imide groups is 1.